The predicted octanol–water partition coefficient (Wildman–Crippen LogP) is 5.29. The summed E-state index contributed by atoms with van der Waals surface area (Å²) in [5.74, 6) is -1.61. The van der Waals surface area contributed by atoms with Gasteiger partial charge in [-0.2, -0.15) is 0 Å². The van der Waals surface area contributed by atoms with Gasteiger partial charge >= 0.3 is 12.3 Å². The molecule has 2 aromatic carbocycles. The molecule has 0 spiro atoms. The Morgan fingerprint density at radius 3 is 2.31 bits per heavy atom. The van der Waals surface area contributed by atoms with Crippen LogP contribution in [-0.4, -0.2) is 35.2 Å². The molecule has 0 atom stereocenters. The first-order chi connectivity index (χ1) is 16.8. The van der Waals surface area contributed by atoms with Gasteiger partial charge < -0.3 is 14.2 Å². The van der Waals surface area contributed by atoms with Crippen LogP contribution in [0, 0.1) is 6.92 Å². The Morgan fingerprint density at radius 1 is 1.08 bits per heavy atom. The smallest absolute Gasteiger partial charge is 0.478 e. The van der Waals surface area contributed by atoms with Crippen molar-refractivity contribution in [3.8, 4) is 5.75 Å². The number of hydrogen-bond donors (Lipinski definition) is 1. The number of benzene rings is 2. The molecule has 0 aliphatic rings. The number of sulfonamides is 1. The minimum Gasteiger partial charge on any atom is -0.478 e. The minimum absolute atomic E-state index is 0.0650. The third kappa shape index (κ3) is 5.24. The number of pyridine rings is 1. The Morgan fingerprint density at radius 2 is 1.72 bits per heavy atom. The number of aromatic carboxylic acids is 1. The second kappa shape index (κ2) is 9.36. The van der Waals surface area contributed by atoms with Gasteiger partial charge in [-0.1, -0.05) is 23.7 Å². The number of ether oxygens (including phenoxy) is 1. The molecule has 1 N–H and O–H groups in total. The summed E-state index contributed by atoms with van der Waals surface area (Å²) in [6, 6.07) is 12.6. The fourth-order valence-electron chi connectivity index (χ4n) is 3.49. The van der Waals surface area contributed by atoms with Crippen LogP contribution in [0.4, 0.5) is 19.0 Å². The van der Waals surface area contributed by atoms with Crippen LogP contribution in [0.1, 0.15) is 21.6 Å². The number of alkyl halides is 3. The van der Waals surface area contributed by atoms with Gasteiger partial charge in [0.05, 0.1) is 27.7 Å². The van der Waals surface area contributed by atoms with E-state index in [1.807, 2.05) is 0 Å². The molecule has 13 heteroatoms. The van der Waals surface area contributed by atoms with Gasteiger partial charge in [-0.25, -0.2) is 22.5 Å². The van der Waals surface area contributed by atoms with Gasteiger partial charge in [0.2, 0.25) is 0 Å². The van der Waals surface area contributed by atoms with Gasteiger partial charge in [-0.3, -0.25) is 0 Å². The topological polar surface area (TPSA) is 101 Å². The maximum absolute atomic E-state index is 13.7. The molecule has 0 fully saturated rings. The third-order valence-electron chi connectivity index (χ3n) is 5.20. The van der Waals surface area contributed by atoms with Crippen molar-refractivity contribution in [2.24, 2.45) is 0 Å². The van der Waals surface area contributed by atoms with Crippen molar-refractivity contribution in [3.05, 3.63) is 88.7 Å². The zero-order chi connectivity index (χ0) is 26.3. The van der Waals surface area contributed by atoms with E-state index in [1.54, 1.807) is 29.7 Å². The largest absolute Gasteiger partial charge is 0.573 e. The molecule has 0 saturated carbocycles. The lowest BCUT2D eigenvalue weighted by atomic mass is 10.2. The number of aryl methyl sites for hydroxylation is 1. The van der Waals surface area contributed by atoms with E-state index in [1.165, 1.54) is 12.1 Å². The number of carboxylic acid groups (broad SMARTS) is 1. The fraction of sp³-hybridized carbons (Fsp3) is 0.130. The Bertz CT molecular complexity index is 1540. The van der Waals surface area contributed by atoms with E-state index in [9.17, 15) is 26.4 Å². The molecule has 0 saturated heterocycles. The summed E-state index contributed by atoms with van der Waals surface area (Å²) < 4.78 is 71.4. The molecule has 4 rings (SSSR count). The summed E-state index contributed by atoms with van der Waals surface area (Å²) in [6.45, 7) is 1.36. The molecule has 2 heterocycles. The first-order valence-electron chi connectivity index (χ1n) is 10.2. The van der Waals surface area contributed by atoms with Gasteiger partial charge in [-0.15, -0.1) is 13.2 Å². The molecule has 0 bridgehead atoms. The van der Waals surface area contributed by atoms with Crippen LogP contribution in [0.25, 0.3) is 5.65 Å². The second-order valence-electron chi connectivity index (χ2n) is 7.63. The van der Waals surface area contributed by atoms with E-state index in [4.69, 9.17) is 16.7 Å². The van der Waals surface area contributed by atoms with Crippen molar-refractivity contribution in [3.63, 3.8) is 0 Å². The highest BCUT2D eigenvalue weighted by molar-refractivity contribution is 7.92. The number of rotatable bonds is 7. The SMILES string of the molecule is Cc1c(N(Cc2ccc(OC(F)(F)F)cc2)S(=O)(=O)c2ccc(C(=O)O)cc2)nc2ccc(Cl)cn12. The lowest BCUT2D eigenvalue weighted by Gasteiger charge is -2.23. The number of fused-ring (bicyclic) bond motifs is 1. The molecular formula is C23H17ClF3N3O5S. The Kier molecular flexibility index (Phi) is 6.58. The number of carbonyl (C=O) groups is 1. The highest BCUT2D eigenvalue weighted by atomic mass is 35.5. The standard InChI is InChI=1S/C23H17ClF3N3O5S/c1-14-21(28-20-11-6-17(24)13-29(14)20)30(12-15-2-7-18(8-3-15)35-23(25,26)27)36(33,34)19-9-4-16(5-10-19)22(31)32/h2-11,13H,12H2,1H3,(H,31,32). The number of carboxylic acids is 1. The summed E-state index contributed by atoms with van der Waals surface area (Å²) in [7, 11) is -4.29. The average Bonchev–Trinajstić information content (AvgIpc) is 3.12. The van der Waals surface area contributed by atoms with E-state index < -0.39 is 28.1 Å². The predicted molar refractivity (Wildman–Crippen MR) is 125 cm³/mol. The number of halogens is 4. The maximum atomic E-state index is 13.7. The van der Waals surface area contributed by atoms with Gasteiger partial charge in [0.1, 0.15) is 11.4 Å². The van der Waals surface area contributed by atoms with Crippen molar-refractivity contribution in [2.75, 3.05) is 4.31 Å². The number of imidazole rings is 1. The van der Waals surface area contributed by atoms with Crippen LogP contribution in [0.5, 0.6) is 5.75 Å². The maximum Gasteiger partial charge on any atom is 0.573 e. The van der Waals surface area contributed by atoms with Crippen LogP contribution in [-0.2, 0) is 16.6 Å². The quantitative estimate of drug-likeness (QED) is 0.342. The summed E-state index contributed by atoms with van der Waals surface area (Å²) in [5, 5.41) is 9.53. The number of nitrogens with zero attached hydrogens (tertiary/aromatic N) is 3. The van der Waals surface area contributed by atoms with E-state index in [-0.39, 0.29) is 22.8 Å². The zero-order valence-electron chi connectivity index (χ0n) is 18.4. The Balaban J connectivity index is 1.79. The minimum atomic E-state index is -4.87. The molecule has 0 aliphatic carbocycles. The average molecular weight is 540 g/mol. The zero-order valence-corrected chi connectivity index (χ0v) is 20.0. The molecular weight excluding hydrogens is 523 g/mol. The van der Waals surface area contributed by atoms with Gasteiger partial charge in [-0.05, 0) is 61.0 Å². The molecule has 4 aromatic rings. The monoisotopic (exact) mass is 539 g/mol. The lowest BCUT2D eigenvalue weighted by molar-refractivity contribution is -0.274. The van der Waals surface area contributed by atoms with E-state index in [2.05, 4.69) is 9.72 Å². The van der Waals surface area contributed by atoms with Crippen molar-refractivity contribution < 1.29 is 36.2 Å². The number of aromatic nitrogens is 2. The first-order valence-corrected chi connectivity index (χ1v) is 12.0. The molecule has 0 radical (unpaired) electrons. The molecule has 188 valence electrons. The Labute approximate surface area is 208 Å². The number of anilines is 1. The fourth-order valence-corrected chi connectivity index (χ4v) is 5.11. The third-order valence-corrected chi connectivity index (χ3v) is 7.18. The molecule has 36 heavy (non-hydrogen) atoms. The van der Waals surface area contributed by atoms with Crippen molar-refractivity contribution in [1.82, 2.24) is 9.38 Å². The Hall–Kier alpha value is -3.77. The molecule has 0 unspecified atom stereocenters. The summed E-state index contributed by atoms with van der Waals surface area (Å²) in [6.07, 6.45) is -3.30. The van der Waals surface area contributed by atoms with Crippen LogP contribution in [0.2, 0.25) is 5.02 Å². The van der Waals surface area contributed by atoms with Gasteiger partial charge in [0.25, 0.3) is 10.0 Å². The van der Waals surface area contributed by atoms with E-state index in [0.717, 1.165) is 40.7 Å². The molecule has 0 amide bonds. The normalized spacial score (nSPS) is 12.0. The summed E-state index contributed by atoms with van der Waals surface area (Å²) in [5.41, 5.74) is 1.11. The molecule has 8 nitrogen and oxygen atoms in total. The highest BCUT2D eigenvalue weighted by Crippen LogP contribution is 2.31. The van der Waals surface area contributed by atoms with Crippen LogP contribution in [0.3, 0.4) is 0 Å². The molecule has 2 aromatic heterocycles. The van der Waals surface area contributed by atoms with E-state index in [0.29, 0.717) is 21.9 Å². The highest BCUT2D eigenvalue weighted by Gasteiger charge is 2.32. The summed E-state index contributed by atoms with van der Waals surface area (Å²) >= 11 is 6.08. The number of hydrogen-bond acceptors (Lipinski definition) is 5. The van der Waals surface area contributed by atoms with Gasteiger partial charge in [0, 0.05) is 6.20 Å². The van der Waals surface area contributed by atoms with Crippen LogP contribution >= 0.6 is 11.6 Å². The lowest BCUT2D eigenvalue weighted by Crippen LogP contribution is -2.31. The van der Waals surface area contributed by atoms with Crippen LogP contribution in [0.15, 0.2) is 71.8 Å². The van der Waals surface area contributed by atoms with E-state index >= 15 is 0 Å². The van der Waals surface area contributed by atoms with Gasteiger partial charge in [0.15, 0.2) is 5.82 Å². The van der Waals surface area contributed by atoms with Crippen molar-refractivity contribution in [1.29, 1.82) is 0 Å². The van der Waals surface area contributed by atoms with Crippen LogP contribution < -0.4 is 9.04 Å². The first kappa shape index (κ1) is 25.3. The van der Waals surface area contributed by atoms with Crippen molar-refractivity contribution >= 4 is 39.1 Å². The second-order valence-corrected chi connectivity index (χ2v) is 9.93. The summed E-state index contributed by atoms with van der Waals surface area (Å²) in [4.78, 5) is 15.4. The van der Waals surface area contributed by atoms with Crippen molar-refractivity contribution in [2.45, 2.75) is 24.7 Å². The molecule has 0 aliphatic heterocycles.